The van der Waals surface area contributed by atoms with Crippen LogP contribution in [0, 0.1) is 0 Å². The fraction of sp³-hybridized carbons (Fsp3) is 0.400. The molecule has 58 valence electrons. The van der Waals surface area contributed by atoms with Crippen molar-refractivity contribution >= 4 is 10.2 Å². The van der Waals surface area contributed by atoms with E-state index in [9.17, 15) is 0 Å². The van der Waals surface area contributed by atoms with Gasteiger partial charge in [-0.3, -0.25) is 0 Å². The summed E-state index contributed by atoms with van der Waals surface area (Å²) in [5.74, 6) is 0. The smallest absolute Gasteiger partial charge is 0.0155 e. The Morgan fingerprint density at radius 2 is 1.73 bits per heavy atom. The highest BCUT2D eigenvalue weighted by Crippen LogP contribution is 2.25. The van der Waals surface area contributed by atoms with E-state index in [-0.39, 0.29) is 0 Å². The van der Waals surface area contributed by atoms with Crippen molar-refractivity contribution in [2.24, 2.45) is 0 Å². The highest BCUT2D eigenvalue weighted by molar-refractivity contribution is 6.09. The van der Waals surface area contributed by atoms with Crippen molar-refractivity contribution in [1.29, 1.82) is 0 Å². The molecule has 0 aromatic heterocycles. The molecule has 0 atom stereocenters. The predicted molar refractivity (Wildman–Crippen MR) is 51.4 cm³/mol. The molecular weight excluding hydrogens is 148 g/mol. The zero-order chi connectivity index (χ0) is 8.32. The van der Waals surface area contributed by atoms with Crippen LogP contribution in [0.2, 0.25) is 6.04 Å². The molecule has 1 aromatic rings. The molecular formula is C10H14Si. The average molecular weight is 162 g/mol. The third-order valence-electron chi connectivity index (χ3n) is 2.07. The molecule has 0 spiro atoms. The van der Waals surface area contributed by atoms with Gasteiger partial charge in [-0.05, 0) is 11.0 Å². The van der Waals surface area contributed by atoms with Gasteiger partial charge in [-0.15, -0.1) is 0 Å². The number of rotatable bonds is 2. The van der Waals surface area contributed by atoms with Gasteiger partial charge < -0.3 is 0 Å². The van der Waals surface area contributed by atoms with E-state index in [2.05, 4.69) is 54.4 Å². The summed E-state index contributed by atoms with van der Waals surface area (Å²) in [5, 5.41) is 0. The second-order valence-corrected chi connectivity index (χ2v) is 3.86. The van der Waals surface area contributed by atoms with Gasteiger partial charge >= 0.3 is 0 Å². The Bertz CT molecular complexity index is 214. The van der Waals surface area contributed by atoms with Crippen molar-refractivity contribution in [3.8, 4) is 0 Å². The largest absolute Gasteiger partial charge is 0.0622 e. The number of benzene rings is 1. The molecule has 1 aromatic carbocycles. The Morgan fingerprint density at radius 1 is 1.18 bits per heavy atom. The molecule has 0 aliphatic carbocycles. The maximum Gasteiger partial charge on any atom is 0.0155 e. The van der Waals surface area contributed by atoms with Crippen LogP contribution in [0.5, 0.6) is 0 Å². The first kappa shape index (κ1) is 8.53. The minimum absolute atomic E-state index is 0.298. The maximum atomic E-state index is 2.80. The van der Waals surface area contributed by atoms with Gasteiger partial charge in [0.15, 0.2) is 0 Å². The normalized spacial score (nSPS) is 11.5. The van der Waals surface area contributed by atoms with Crippen molar-refractivity contribution in [3.63, 3.8) is 0 Å². The fourth-order valence-corrected chi connectivity index (χ4v) is 1.24. The first-order valence-electron chi connectivity index (χ1n) is 3.92. The zero-order valence-corrected chi connectivity index (χ0v) is 8.33. The van der Waals surface area contributed by atoms with Gasteiger partial charge in [-0.2, -0.15) is 0 Å². The Kier molecular flexibility index (Phi) is 2.50. The van der Waals surface area contributed by atoms with Gasteiger partial charge in [0.1, 0.15) is 0 Å². The summed E-state index contributed by atoms with van der Waals surface area (Å²) in [6.45, 7) is 4.52. The average Bonchev–Trinajstić information content (AvgIpc) is 2.06. The summed E-state index contributed by atoms with van der Waals surface area (Å²) < 4.78 is 0. The van der Waals surface area contributed by atoms with Gasteiger partial charge in [-0.25, -0.2) is 0 Å². The topological polar surface area (TPSA) is 0 Å². The molecule has 11 heavy (non-hydrogen) atoms. The van der Waals surface area contributed by atoms with E-state index >= 15 is 0 Å². The predicted octanol–water partition coefficient (Wildman–Crippen LogP) is 2.28. The first-order valence-corrected chi connectivity index (χ1v) is 4.74. The Balaban J connectivity index is 2.93. The van der Waals surface area contributed by atoms with Crippen molar-refractivity contribution in [2.75, 3.05) is 0 Å². The fourth-order valence-electron chi connectivity index (χ4n) is 1.01. The molecule has 0 aliphatic rings. The van der Waals surface area contributed by atoms with Crippen LogP contribution in [0.25, 0.3) is 0 Å². The van der Waals surface area contributed by atoms with Crippen LogP contribution in [0.3, 0.4) is 0 Å². The van der Waals surface area contributed by atoms with Gasteiger partial charge in [0, 0.05) is 10.2 Å². The third kappa shape index (κ3) is 1.93. The van der Waals surface area contributed by atoms with Crippen LogP contribution >= 0.6 is 0 Å². The summed E-state index contributed by atoms with van der Waals surface area (Å²) in [6, 6.07) is 11.7. The summed E-state index contributed by atoms with van der Waals surface area (Å²) in [4.78, 5) is 0. The summed E-state index contributed by atoms with van der Waals surface area (Å²) in [5.41, 5.74) is 1.71. The molecule has 0 aliphatic heterocycles. The lowest BCUT2D eigenvalue weighted by atomic mass is 9.87. The second kappa shape index (κ2) is 3.22. The van der Waals surface area contributed by atoms with E-state index in [1.807, 2.05) is 0 Å². The van der Waals surface area contributed by atoms with Crippen LogP contribution < -0.4 is 0 Å². The van der Waals surface area contributed by atoms with E-state index in [1.165, 1.54) is 5.56 Å². The van der Waals surface area contributed by atoms with Crippen molar-refractivity contribution < 1.29 is 0 Å². The molecule has 0 N–H and O–H groups in total. The van der Waals surface area contributed by atoms with Gasteiger partial charge in [-0.1, -0.05) is 50.2 Å². The Labute approximate surface area is 72.1 Å². The van der Waals surface area contributed by atoms with E-state index in [1.54, 1.807) is 0 Å². The summed E-state index contributed by atoms with van der Waals surface area (Å²) >= 11 is 0. The maximum absolute atomic E-state index is 2.80. The first-order chi connectivity index (χ1) is 5.17. The highest BCUT2D eigenvalue weighted by atomic mass is 28.1. The Hall–Kier alpha value is -0.563. The minimum atomic E-state index is 0.298. The minimum Gasteiger partial charge on any atom is -0.0622 e. The lowest BCUT2D eigenvalue weighted by Crippen LogP contribution is -2.15. The van der Waals surface area contributed by atoms with E-state index in [0.29, 0.717) is 5.41 Å². The lowest BCUT2D eigenvalue weighted by Gasteiger charge is -2.22. The molecule has 0 saturated heterocycles. The Morgan fingerprint density at radius 3 is 2.18 bits per heavy atom. The van der Waals surface area contributed by atoms with Crippen LogP contribution in [-0.2, 0) is 5.41 Å². The van der Waals surface area contributed by atoms with E-state index < -0.39 is 0 Å². The van der Waals surface area contributed by atoms with Crippen LogP contribution in [-0.4, -0.2) is 10.2 Å². The summed E-state index contributed by atoms with van der Waals surface area (Å²) in [7, 11) is 2.80. The van der Waals surface area contributed by atoms with Crippen molar-refractivity contribution in [2.45, 2.75) is 25.3 Å². The van der Waals surface area contributed by atoms with E-state index in [4.69, 9.17) is 0 Å². The zero-order valence-electron chi connectivity index (χ0n) is 7.17. The summed E-state index contributed by atoms with van der Waals surface area (Å²) in [6.07, 6.45) is 0. The molecule has 0 saturated carbocycles. The molecule has 0 amide bonds. The second-order valence-electron chi connectivity index (χ2n) is 3.45. The van der Waals surface area contributed by atoms with E-state index in [0.717, 1.165) is 6.04 Å². The van der Waals surface area contributed by atoms with Gasteiger partial charge in [0.25, 0.3) is 0 Å². The monoisotopic (exact) mass is 162 g/mol. The van der Waals surface area contributed by atoms with Crippen LogP contribution in [0.1, 0.15) is 19.4 Å². The van der Waals surface area contributed by atoms with Crippen molar-refractivity contribution in [3.05, 3.63) is 35.9 Å². The molecule has 0 heterocycles. The number of hydrogen-bond acceptors (Lipinski definition) is 0. The SMILES string of the molecule is CC(C)(C[SiH])c1ccccc1. The standard InChI is InChI=1S/C10H14Si/c1-10(2,8-11)9-6-4-3-5-7-9/h3-7,11H,8H2,1-2H3. The van der Waals surface area contributed by atoms with Gasteiger partial charge in [0.05, 0.1) is 0 Å². The van der Waals surface area contributed by atoms with Crippen molar-refractivity contribution in [1.82, 2.24) is 0 Å². The molecule has 0 unspecified atom stereocenters. The number of hydrogen-bond donors (Lipinski definition) is 0. The molecule has 1 rings (SSSR count). The third-order valence-corrected chi connectivity index (χ3v) is 3.09. The highest BCUT2D eigenvalue weighted by Gasteiger charge is 2.16. The molecule has 0 nitrogen and oxygen atoms in total. The molecule has 0 bridgehead atoms. The van der Waals surface area contributed by atoms with Crippen LogP contribution in [0.4, 0.5) is 0 Å². The van der Waals surface area contributed by atoms with Gasteiger partial charge in [0.2, 0.25) is 0 Å². The molecule has 1 heteroatoms. The lowest BCUT2D eigenvalue weighted by molar-refractivity contribution is 0.590. The molecule has 2 radical (unpaired) electrons. The van der Waals surface area contributed by atoms with Crippen LogP contribution in [0.15, 0.2) is 30.3 Å². The quantitative estimate of drug-likeness (QED) is 0.585. The molecule has 0 fully saturated rings.